The van der Waals surface area contributed by atoms with E-state index < -0.39 is 0 Å². The molecule has 0 aliphatic heterocycles. The van der Waals surface area contributed by atoms with Crippen molar-refractivity contribution in [1.82, 2.24) is 10.2 Å². The van der Waals surface area contributed by atoms with E-state index in [1.54, 1.807) is 10.5 Å². The van der Waals surface area contributed by atoms with E-state index in [-0.39, 0.29) is 5.91 Å². The Kier molecular flexibility index (Phi) is 6.94. The van der Waals surface area contributed by atoms with Gasteiger partial charge in [-0.2, -0.15) is 0 Å². The van der Waals surface area contributed by atoms with Crippen molar-refractivity contribution in [2.45, 2.75) is 44.9 Å². The van der Waals surface area contributed by atoms with Gasteiger partial charge in [-0.05, 0) is 51.6 Å². The van der Waals surface area contributed by atoms with E-state index in [0.29, 0.717) is 6.42 Å². The molecule has 0 spiro atoms. The molecule has 0 fully saturated rings. The van der Waals surface area contributed by atoms with Crippen LogP contribution in [0.1, 0.15) is 44.9 Å². The minimum atomic E-state index is 0.224. The molecule has 1 rings (SSSR count). The molecule has 0 saturated heterocycles. The largest absolute Gasteiger partial charge is 0.349 e. The fourth-order valence-electron chi connectivity index (χ4n) is 2.09. The number of hydrogen-bond acceptors (Lipinski definition) is 2. The number of carbonyl (C=O) groups excluding carboxylic acids is 1. The van der Waals surface area contributed by atoms with Gasteiger partial charge in [-0.1, -0.05) is 11.6 Å². The molecular formula is C14H26N2O. The van der Waals surface area contributed by atoms with Crippen LogP contribution < -0.4 is 5.32 Å². The summed E-state index contributed by atoms with van der Waals surface area (Å²) in [5.41, 5.74) is 1.62. The van der Waals surface area contributed by atoms with E-state index in [1.807, 2.05) is 14.1 Å². The second kappa shape index (κ2) is 8.29. The maximum Gasteiger partial charge on any atom is 0.222 e. The number of carbonyl (C=O) groups is 1. The van der Waals surface area contributed by atoms with Crippen LogP contribution in [-0.2, 0) is 4.79 Å². The molecule has 0 aromatic heterocycles. The molecule has 17 heavy (non-hydrogen) atoms. The number of amides is 1. The molecule has 98 valence electrons. The maximum atomic E-state index is 11.3. The summed E-state index contributed by atoms with van der Waals surface area (Å²) in [6.07, 6.45) is 10.5. The third-order valence-electron chi connectivity index (χ3n) is 3.25. The average Bonchev–Trinajstić information content (AvgIpc) is 2.34. The quantitative estimate of drug-likeness (QED) is 0.545. The topological polar surface area (TPSA) is 32.3 Å². The van der Waals surface area contributed by atoms with Crippen molar-refractivity contribution in [3.8, 4) is 0 Å². The lowest BCUT2D eigenvalue weighted by molar-refractivity contribution is -0.128. The summed E-state index contributed by atoms with van der Waals surface area (Å²) in [6, 6.07) is 0. The first-order valence-corrected chi connectivity index (χ1v) is 6.79. The van der Waals surface area contributed by atoms with Crippen molar-refractivity contribution in [3.63, 3.8) is 0 Å². The first-order valence-electron chi connectivity index (χ1n) is 6.79. The third-order valence-corrected chi connectivity index (χ3v) is 3.25. The Morgan fingerprint density at radius 2 is 2.18 bits per heavy atom. The fourth-order valence-corrected chi connectivity index (χ4v) is 2.09. The number of nitrogens with one attached hydrogen (secondary N) is 1. The lowest BCUT2D eigenvalue weighted by Crippen LogP contribution is -2.24. The summed E-state index contributed by atoms with van der Waals surface area (Å²) in [4.78, 5) is 13.0. The van der Waals surface area contributed by atoms with E-state index in [4.69, 9.17) is 0 Å². The van der Waals surface area contributed by atoms with Gasteiger partial charge in [0.15, 0.2) is 0 Å². The molecule has 1 N–H and O–H groups in total. The molecule has 0 bridgehead atoms. The molecule has 1 aliphatic carbocycles. The monoisotopic (exact) mass is 238 g/mol. The van der Waals surface area contributed by atoms with Gasteiger partial charge in [-0.25, -0.2) is 0 Å². The molecule has 0 aromatic carbocycles. The maximum absolute atomic E-state index is 11.3. The van der Waals surface area contributed by atoms with Crippen LogP contribution in [-0.4, -0.2) is 38.0 Å². The standard InChI is InChI=1S/C14H26N2O/c1-16(2)14(17)9-6-11-15-12-10-13-7-4-3-5-8-13/h7,15H,3-6,8-12H2,1-2H3. The van der Waals surface area contributed by atoms with Gasteiger partial charge in [0.05, 0.1) is 0 Å². The van der Waals surface area contributed by atoms with Gasteiger partial charge >= 0.3 is 0 Å². The summed E-state index contributed by atoms with van der Waals surface area (Å²) in [5.74, 6) is 0.224. The van der Waals surface area contributed by atoms with Crippen LogP contribution in [0, 0.1) is 0 Å². The molecular weight excluding hydrogens is 212 g/mol. The Bertz CT molecular complexity index is 259. The van der Waals surface area contributed by atoms with Crippen LogP contribution in [0.3, 0.4) is 0 Å². The Hall–Kier alpha value is -0.830. The highest BCUT2D eigenvalue weighted by molar-refractivity contribution is 5.75. The molecule has 0 heterocycles. The molecule has 3 heteroatoms. The van der Waals surface area contributed by atoms with E-state index in [2.05, 4.69) is 11.4 Å². The number of allylic oxidation sites excluding steroid dienone is 1. The van der Waals surface area contributed by atoms with Crippen molar-refractivity contribution in [2.24, 2.45) is 0 Å². The van der Waals surface area contributed by atoms with Crippen molar-refractivity contribution < 1.29 is 4.79 Å². The zero-order valence-corrected chi connectivity index (χ0v) is 11.3. The van der Waals surface area contributed by atoms with Crippen LogP contribution in [0.5, 0.6) is 0 Å². The lowest BCUT2D eigenvalue weighted by Gasteiger charge is -2.13. The zero-order valence-electron chi connectivity index (χ0n) is 11.3. The van der Waals surface area contributed by atoms with Crippen molar-refractivity contribution in [2.75, 3.05) is 27.2 Å². The van der Waals surface area contributed by atoms with Gasteiger partial charge in [0.25, 0.3) is 0 Å². The van der Waals surface area contributed by atoms with Crippen LogP contribution in [0.2, 0.25) is 0 Å². The minimum absolute atomic E-state index is 0.224. The summed E-state index contributed by atoms with van der Waals surface area (Å²) in [5, 5.41) is 3.42. The molecule has 0 aromatic rings. The van der Waals surface area contributed by atoms with Crippen LogP contribution in [0.25, 0.3) is 0 Å². The molecule has 3 nitrogen and oxygen atoms in total. The van der Waals surface area contributed by atoms with Crippen LogP contribution in [0.4, 0.5) is 0 Å². The normalized spacial score (nSPS) is 15.5. The molecule has 0 saturated carbocycles. The average molecular weight is 238 g/mol. The summed E-state index contributed by atoms with van der Waals surface area (Å²) >= 11 is 0. The van der Waals surface area contributed by atoms with E-state index in [0.717, 1.165) is 19.5 Å². The Balaban J connectivity index is 1.94. The molecule has 0 radical (unpaired) electrons. The second-order valence-electron chi connectivity index (χ2n) is 5.00. The van der Waals surface area contributed by atoms with Gasteiger partial charge < -0.3 is 10.2 Å². The number of nitrogens with zero attached hydrogens (tertiary/aromatic N) is 1. The van der Waals surface area contributed by atoms with E-state index in [9.17, 15) is 4.79 Å². The SMILES string of the molecule is CN(C)C(=O)CCCNCCC1=CCCCC1. The van der Waals surface area contributed by atoms with Crippen LogP contribution in [0.15, 0.2) is 11.6 Å². The Labute approximate surface area is 105 Å². The van der Waals surface area contributed by atoms with E-state index >= 15 is 0 Å². The fraction of sp³-hybridized carbons (Fsp3) is 0.786. The molecule has 1 amide bonds. The second-order valence-corrected chi connectivity index (χ2v) is 5.00. The smallest absolute Gasteiger partial charge is 0.222 e. The van der Waals surface area contributed by atoms with Crippen molar-refractivity contribution in [3.05, 3.63) is 11.6 Å². The minimum Gasteiger partial charge on any atom is -0.349 e. The lowest BCUT2D eigenvalue weighted by atomic mass is 9.97. The zero-order chi connectivity index (χ0) is 12.5. The van der Waals surface area contributed by atoms with Crippen molar-refractivity contribution >= 4 is 5.91 Å². The predicted octanol–water partition coefficient (Wildman–Crippen LogP) is 2.33. The van der Waals surface area contributed by atoms with Crippen LogP contribution >= 0.6 is 0 Å². The van der Waals surface area contributed by atoms with E-state index in [1.165, 1.54) is 32.1 Å². The highest BCUT2D eigenvalue weighted by Gasteiger charge is 2.04. The first kappa shape index (κ1) is 14.2. The highest BCUT2D eigenvalue weighted by Crippen LogP contribution is 2.19. The molecule has 0 atom stereocenters. The van der Waals surface area contributed by atoms with Gasteiger partial charge in [0.1, 0.15) is 0 Å². The molecule has 1 aliphatic rings. The van der Waals surface area contributed by atoms with Gasteiger partial charge in [0, 0.05) is 20.5 Å². The van der Waals surface area contributed by atoms with Gasteiger partial charge in [0.2, 0.25) is 5.91 Å². The predicted molar refractivity (Wildman–Crippen MR) is 72.0 cm³/mol. The first-order chi connectivity index (χ1) is 8.20. The van der Waals surface area contributed by atoms with Gasteiger partial charge in [-0.3, -0.25) is 4.79 Å². The van der Waals surface area contributed by atoms with Crippen molar-refractivity contribution in [1.29, 1.82) is 0 Å². The number of hydrogen-bond donors (Lipinski definition) is 1. The summed E-state index contributed by atoms with van der Waals surface area (Å²) in [7, 11) is 3.62. The Morgan fingerprint density at radius 3 is 2.82 bits per heavy atom. The Morgan fingerprint density at radius 1 is 1.35 bits per heavy atom. The highest BCUT2D eigenvalue weighted by atomic mass is 16.2. The summed E-state index contributed by atoms with van der Waals surface area (Å²) < 4.78 is 0. The van der Waals surface area contributed by atoms with Gasteiger partial charge in [-0.15, -0.1) is 0 Å². The summed E-state index contributed by atoms with van der Waals surface area (Å²) in [6.45, 7) is 2.01. The number of rotatable bonds is 7. The molecule has 0 unspecified atom stereocenters. The third kappa shape index (κ3) is 6.47.